The van der Waals surface area contributed by atoms with Crippen molar-refractivity contribution in [3.63, 3.8) is 0 Å². The minimum atomic E-state index is 0.678. The van der Waals surface area contributed by atoms with E-state index in [2.05, 4.69) is 24.4 Å². The Morgan fingerprint density at radius 3 is 2.64 bits per heavy atom. The molecular formula is C12H16ClN. The number of rotatable bonds is 2. The smallest absolute Gasteiger partial charge is 0.0406 e. The molecule has 76 valence electrons. The zero-order chi connectivity index (χ0) is 9.97. The Bertz CT molecular complexity index is 294. The molecule has 0 saturated carbocycles. The predicted molar refractivity (Wildman–Crippen MR) is 60.8 cm³/mol. The summed E-state index contributed by atoms with van der Waals surface area (Å²) in [5.74, 6) is 1.47. The van der Waals surface area contributed by atoms with Crippen LogP contribution in [-0.2, 0) is 0 Å². The molecule has 14 heavy (non-hydrogen) atoms. The van der Waals surface area contributed by atoms with E-state index in [1.807, 2.05) is 12.1 Å². The van der Waals surface area contributed by atoms with Crippen LogP contribution in [0.4, 0.5) is 0 Å². The molecule has 0 radical (unpaired) electrons. The van der Waals surface area contributed by atoms with Crippen LogP contribution < -0.4 is 5.32 Å². The summed E-state index contributed by atoms with van der Waals surface area (Å²) in [6.07, 6.45) is 1.25. The zero-order valence-corrected chi connectivity index (χ0v) is 9.22. The first kappa shape index (κ1) is 10.0. The molecule has 1 saturated heterocycles. The molecule has 2 rings (SSSR count). The van der Waals surface area contributed by atoms with Gasteiger partial charge in [-0.2, -0.15) is 0 Å². The fraction of sp³-hybridized carbons (Fsp3) is 0.500. The van der Waals surface area contributed by atoms with E-state index in [0.29, 0.717) is 5.92 Å². The van der Waals surface area contributed by atoms with Gasteiger partial charge in [-0.15, -0.1) is 0 Å². The molecule has 2 heteroatoms. The van der Waals surface area contributed by atoms with Crippen molar-refractivity contribution < 1.29 is 0 Å². The van der Waals surface area contributed by atoms with Gasteiger partial charge in [0, 0.05) is 17.5 Å². The van der Waals surface area contributed by atoms with Gasteiger partial charge in [0.25, 0.3) is 0 Å². The van der Waals surface area contributed by atoms with Crippen molar-refractivity contribution in [2.45, 2.75) is 19.3 Å². The van der Waals surface area contributed by atoms with Crippen LogP contribution in [0.2, 0.25) is 5.02 Å². The first-order valence-electron chi connectivity index (χ1n) is 5.27. The van der Waals surface area contributed by atoms with Crippen LogP contribution in [0.25, 0.3) is 0 Å². The molecule has 1 fully saturated rings. The van der Waals surface area contributed by atoms with Gasteiger partial charge < -0.3 is 5.32 Å². The van der Waals surface area contributed by atoms with Gasteiger partial charge in [-0.25, -0.2) is 0 Å². The second-order valence-corrected chi connectivity index (χ2v) is 4.42. The average molecular weight is 210 g/mol. The minimum absolute atomic E-state index is 0.678. The van der Waals surface area contributed by atoms with Crippen molar-refractivity contribution in [2.24, 2.45) is 5.92 Å². The van der Waals surface area contributed by atoms with E-state index >= 15 is 0 Å². The number of halogens is 1. The number of hydrogen-bond donors (Lipinski definition) is 1. The molecule has 1 aromatic rings. The third kappa shape index (κ3) is 1.94. The highest BCUT2D eigenvalue weighted by molar-refractivity contribution is 6.30. The van der Waals surface area contributed by atoms with Gasteiger partial charge in [0.15, 0.2) is 0 Å². The summed E-state index contributed by atoms with van der Waals surface area (Å²) in [5.41, 5.74) is 1.42. The van der Waals surface area contributed by atoms with E-state index in [1.165, 1.54) is 12.0 Å². The highest BCUT2D eigenvalue weighted by Crippen LogP contribution is 2.30. The van der Waals surface area contributed by atoms with Gasteiger partial charge in [-0.05, 0) is 30.2 Å². The van der Waals surface area contributed by atoms with Crippen molar-refractivity contribution in [2.75, 3.05) is 13.1 Å². The average Bonchev–Trinajstić information content (AvgIpc) is 2.67. The molecule has 1 aromatic carbocycles. The van der Waals surface area contributed by atoms with Crippen LogP contribution in [0.15, 0.2) is 24.3 Å². The first-order chi connectivity index (χ1) is 6.81. The van der Waals surface area contributed by atoms with Gasteiger partial charge in [-0.3, -0.25) is 0 Å². The maximum Gasteiger partial charge on any atom is 0.0406 e. The third-order valence-corrected chi connectivity index (χ3v) is 3.41. The molecule has 0 amide bonds. The number of benzene rings is 1. The summed E-state index contributed by atoms with van der Waals surface area (Å²) in [6, 6.07) is 8.29. The highest BCUT2D eigenvalue weighted by Gasteiger charge is 2.26. The molecule has 0 bridgehead atoms. The molecular weight excluding hydrogens is 194 g/mol. The lowest BCUT2D eigenvalue weighted by Crippen LogP contribution is -2.09. The van der Waals surface area contributed by atoms with Crippen molar-refractivity contribution in [3.8, 4) is 0 Å². The Kier molecular flexibility index (Phi) is 3.09. The summed E-state index contributed by atoms with van der Waals surface area (Å²) in [4.78, 5) is 0. The van der Waals surface area contributed by atoms with E-state index in [1.54, 1.807) is 0 Å². The molecule has 1 aliphatic rings. The molecule has 1 N–H and O–H groups in total. The highest BCUT2D eigenvalue weighted by atomic mass is 35.5. The van der Waals surface area contributed by atoms with Crippen molar-refractivity contribution >= 4 is 11.6 Å². The summed E-state index contributed by atoms with van der Waals surface area (Å²) in [6.45, 7) is 4.53. The Labute approximate surface area is 90.5 Å². The number of nitrogens with one attached hydrogen (secondary N) is 1. The lowest BCUT2D eigenvalue weighted by molar-refractivity contribution is 0.503. The van der Waals surface area contributed by atoms with E-state index in [9.17, 15) is 0 Å². The van der Waals surface area contributed by atoms with Crippen LogP contribution in [0.1, 0.15) is 24.8 Å². The third-order valence-electron chi connectivity index (χ3n) is 3.16. The zero-order valence-electron chi connectivity index (χ0n) is 8.46. The fourth-order valence-corrected chi connectivity index (χ4v) is 2.39. The maximum atomic E-state index is 5.87. The standard InChI is InChI=1S/C12H16ClN/c1-2-9-7-14-8-12(9)10-3-5-11(13)6-4-10/h3-6,9,12,14H,2,7-8H2,1H3/t9-,12-/m0/s1. The quantitative estimate of drug-likeness (QED) is 0.790. The number of hydrogen-bond acceptors (Lipinski definition) is 1. The van der Waals surface area contributed by atoms with Gasteiger partial charge in [0.1, 0.15) is 0 Å². The van der Waals surface area contributed by atoms with Crippen LogP contribution in [0.5, 0.6) is 0 Å². The topological polar surface area (TPSA) is 12.0 Å². The van der Waals surface area contributed by atoms with Crippen LogP contribution in [-0.4, -0.2) is 13.1 Å². The SMILES string of the molecule is CC[C@H]1CNC[C@@H]1c1ccc(Cl)cc1. The summed E-state index contributed by atoms with van der Waals surface area (Å²) >= 11 is 5.87. The minimum Gasteiger partial charge on any atom is -0.316 e. The monoisotopic (exact) mass is 209 g/mol. The maximum absolute atomic E-state index is 5.87. The van der Waals surface area contributed by atoms with Gasteiger partial charge in [0.05, 0.1) is 0 Å². The van der Waals surface area contributed by atoms with Crippen molar-refractivity contribution in [1.29, 1.82) is 0 Å². The van der Waals surface area contributed by atoms with Crippen LogP contribution >= 0.6 is 11.6 Å². The molecule has 0 aromatic heterocycles. The molecule has 1 aliphatic heterocycles. The van der Waals surface area contributed by atoms with E-state index < -0.39 is 0 Å². The van der Waals surface area contributed by atoms with Crippen molar-refractivity contribution in [1.82, 2.24) is 5.32 Å². The van der Waals surface area contributed by atoms with Crippen LogP contribution in [0, 0.1) is 5.92 Å². The largest absolute Gasteiger partial charge is 0.316 e. The first-order valence-corrected chi connectivity index (χ1v) is 5.65. The summed E-state index contributed by atoms with van der Waals surface area (Å²) in [5, 5.41) is 4.28. The van der Waals surface area contributed by atoms with E-state index in [0.717, 1.165) is 24.0 Å². The predicted octanol–water partition coefficient (Wildman–Crippen LogP) is 3.05. The molecule has 0 spiro atoms. The molecule has 1 heterocycles. The summed E-state index contributed by atoms with van der Waals surface area (Å²) < 4.78 is 0. The Hall–Kier alpha value is -0.530. The molecule has 0 unspecified atom stereocenters. The second-order valence-electron chi connectivity index (χ2n) is 3.98. The molecule has 1 nitrogen and oxygen atoms in total. The normalized spacial score (nSPS) is 26.7. The van der Waals surface area contributed by atoms with Crippen molar-refractivity contribution in [3.05, 3.63) is 34.9 Å². The molecule has 0 aliphatic carbocycles. The van der Waals surface area contributed by atoms with E-state index in [-0.39, 0.29) is 0 Å². The van der Waals surface area contributed by atoms with Gasteiger partial charge in [-0.1, -0.05) is 37.1 Å². The molecule has 2 atom stereocenters. The van der Waals surface area contributed by atoms with Crippen LogP contribution in [0.3, 0.4) is 0 Å². The van der Waals surface area contributed by atoms with E-state index in [4.69, 9.17) is 11.6 Å². The lowest BCUT2D eigenvalue weighted by atomic mass is 9.87. The summed E-state index contributed by atoms with van der Waals surface area (Å²) in [7, 11) is 0. The Balaban J connectivity index is 2.17. The van der Waals surface area contributed by atoms with Gasteiger partial charge >= 0.3 is 0 Å². The van der Waals surface area contributed by atoms with Gasteiger partial charge in [0.2, 0.25) is 0 Å². The Morgan fingerprint density at radius 2 is 2.00 bits per heavy atom. The Morgan fingerprint density at radius 1 is 1.29 bits per heavy atom. The lowest BCUT2D eigenvalue weighted by Gasteiger charge is -2.16. The second kappa shape index (κ2) is 4.33. The fourth-order valence-electron chi connectivity index (χ4n) is 2.26.